The van der Waals surface area contributed by atoms with Gasteiger partial charge in [0.25, 0.3) is 5.91 Å². The molecule has 0 atom stereocenters. The molecule has 0 aliphatic carbocycles. The molecule has 1 saturated heterocycles. The van der Waals surface area contributed by atoms with Crippen molar-refractivity contribution in [3.63, 3.8) is 0 Å². The van der Waals surface area contributed by atoms with E-state index >= 15 is 0 Å². The highest BCUT2D eigenvalue weighted by Gasteiger charge is 2.21. The standard InChI is InChI=1S/C28H39N5O2S/c1-4-13-32-14-11-21(12-15-32)30-27(34)19-29-28(35)20-9-10-25-24(17-20)31-26(18-23-8-7-16-36-23)33(25)22(5-2)6-3/h7-10,16-17,21-22H,4-6,11-15,18-19H2,1-3H3,(H,29,35)(H,30,34). The Morgan fingerprint density at radius 2 is 1.92 bits per heavy atom. The lowest BCUT2D eigenvalue weighted by Gasteiger charge is -2.32. The van der Waals surface area contributed by atoms with Gasteiger partial charge >= 0.3 is 0 Å². The number of hydrogen-bond donors (Lipinski definition) is 2. The van der Waals surface area contributed by atoms with Gasteiger partial charge in [0, 0.05) is 42.0 Å². The first-order valence-corrected chi connectivity index (χ1v) is 14.2. The minimum Gasteiger partial charge on any atom is -0.352 e. The van der Waals surface area contributed by atoms with Gasteiger partial charge in [0.15, 0.2) is 0 Å². The third-order valence-electron chi connectivity index (χ3n) is 7.15. The van der Waals surface area contributed by atoms with Crippen LogP contribution < -0.4 is 10.6 Å². The minimum atomic E-state index is -0.248. The molecule has 0 bridgehead atoms. The number of rotatable bonds is 11. The van der Waals surface area contributed by atoms with Crippen LogP contribution in [0.15, 0.2) is 35.7 Å². The van der Waals surface area contributed by atoms with Gasteiger partial charge in [-0.05, 0) is 68.3 Å². The van der Waals surface area contributed by atoms with Crippen molar-refractivity contribution < 1.29 is 9.59 Å². The fourth-order valence-corrected chi connectivity index (χ4v) is 5.90. The molecule has 194 valence electrons. The van der Waals surface area contributed by atoms with Crippen LogP contribution in [-0.2, 0) is 11.2 Å². The molecule has 2 amide bonds. The van der Waals surface area contributed by atoms with E-state index in [0.717, 1.165) is 75.0 Å². The maximum absolute atomic E-state index is 12.9. The average molecular weight is 510 g/mol. The first-order valence-electron chi connectivity index (χ1n) is 13.3. The molecule has 36 heavy (non-hydrogen) atoms. The lowest BCUT2D eigenvalue weighted by Crippen LogP contribution is -2.47. The summed E-state index contributed by atoms with van der Waals surface area (Å²) in [7, 11) is 0. The van der Waals surface area contributed by atoms with E-state index in [1.165, 1.54) is 4.88 Å². The summed E-state index contributed by atoms with van der Waals surface area (Å²) >= 11 is 1.74. The van der Waals surface area contributed by atoms with Crippen LogP contribution in [0.3, 0.4) is 0 Å². The van der Waals surface area contributed by atoms with E-state index in [1.54, 1.807) is 11.3 Å². The van der Waals surface area contributed by atoms with Gasteiger partial charge in [0.1, 0.15) is 5.82 Å². The number of fused-ring (bicyclic) bond motifs is 1. The van der Waals surface area contributed by atoms with E-state index in [-0.39, 0.29) is 24.4 Å². The number of carbonyl (C=O) groups is 2. The van der Waals surface area contributed by atoms with Gasteiger partial charge in [-0.25, -0.2) is 4.98 Å². The third kappa shape index (κ3) is 6.34. The first kappa shape index (κ1) is 26.4. The van der Waals surface area contributed by atoms with Gasteiger partial charge in [0.05, 0.1) is 17.6 Å². The Kier molecular flexibility index (Phi) is 9.15. The zero-order valence-corrected chi connectivity index (χ0v) is 22.6. The van der Waals surface area contributed by atoms with Gasteiger partial charge in [-0.3, -0.25) is 9.59 Å². The Bertz CT molecular complexity index is 1140. The maximum atomic E-state index is 12.9. The second-order valence-electron chi connectivity index (χ2n) is 9.69. The zero-order chi connectivity index (χ0) is 25.5. The van der Waals surface area contributed by atoms with Crippen LogP contribution in [0.25, 0.3) is 11.0 Å². The van der Waals surface area contributed by atoms with Crippen LogP contribution in [0.4, 0.5) is 0 Å². The van der Waals surface area contributed by atoms with Crippen molar-refractivity contribution in [2.24, 2.45) is 0 Å². The molecule has 1 aliphatic heterocycles. The summed E-state index contributed by atoms with van der Waals surface area (Å²) in [5.74, 6) is 0.652. The van der Waals surface area contributed by atoms with Crippen molar-refractivity contribution in [2.75, 3.05) is 26.2 Å². The van der Waals surface area contributed by atoms with Gasteiger partial charge < -0.3 is 20.1 Å². The lowest BCUT2D eigenvalue weighted by molar-refractivity contribution is -0.121. The summed E-state index contributed by atoms with van der Waals surface area (Å²) in [6, 6.07) is 10.4. The normalized spacial score (nSPS) is 15.0. The maximum Gasteiger partial charge on any atom is 0.251 e. The molecule has 4 rings (SSSR count). The number of benzene rings is 1. The summed E-state index contributed by atoms with van der Waals surface area (Å²) < 4.78 is 2.34. The van der Waals surface area contributed by atoms with Crippen molar-refractivity contribution in [2.45, 2.75) is 71.4 Å². The number of piperidine rings is 1. The van der Waals surface area contributed by atoms with Crippen molar-refractivity contribution in [1.82, 2.24) is 25.1 Å². The van der Waals surface area contributed by atoms with Crippen LogP contribution in [0, 0.1) is 0 Å². The van der Waals surface area contributed by atoms with Gasteiger partial charge in [-0.15, -0.1) is 11.3 Å². The van der Waals surface area contributed by atoms with Crippen LogP contribution in [-0.4, -0.2) is 58.5 Å². The number of nitrogens with zero attached hydrogens (tertiary/aromatic N) is 3. The fraction of sp³-hybridized carbons (Fsp3) is 0.536. The molecule has 0 spiro atoms. The fourth-order valence-electron chi connectivity index (χ4n) is 5.20. The number of aromatic nitrogens is 2. The number of hydrogen-bond acceptors (Lipinski definition) is 5. The predicted octanol–water partition coefficient (Wildman–Crippen LogP) is 4.77. The second-order valence-corrected chi connectivity index (χ2v) is 10.7. The highest BCUT2D eigenvalue weighted by Crippen LogP contribution is 2.28. The average Bonchev–Trinajstić information content (AvgIpc) is 3.52. The molecular formula is C28H39N5O2S. The predicted molar refractivity (Wildman–Crippen MR) is 147 cm³/mol. The summed E-state index contributed by atoms with van der Waals surface area (Å²) in [6.45, 7) is 9.74. The van der Waals surface area contributed by atoms with E-state index < -0.39 is 0 Å². The van der Waals surface area contributed by atoms with Crippen LogP contribution in [0.1, 0.15) is 80.0 Å². The Labute approximate surface area is 218 Å². The Balaban J connectivity index is 1.40. The Morgan fingerprint density at radius 3 is 2.58 bits per heavy atom. The molecule has 2 N–H and O–H groups in total. The molecule has 8 heteroatoms. The van der Waals surface area contributed by atoms with Crippen molar-refractivity contribution in [1.29, 1.82) is 0 Å². The number of likely N-dealkylation sites (tertiary alicyclic amines) is 1. The second kappa shape index (κ2) is 12.5. The quantitative estimate of drug-likeness (QED) is 0.390. The lowest BCUT2D eigenvalue weighted by atomic mass is 10.0. The molecule has 0 radical (unpaired) electrons. The summed E-state index contributed by atoms with van der Waals surface area (Å²) in [6.07, 6.45) is 5.90. The molecule has 0 saturated carbocycles. The molecule has 7 nitrogen and oxygen atoms in total. The molecule has 1 aliphatic rings. The van der Waals surface area contributed by atoms with Crippen molar-refractivity contribution in [3.05, 3.63) is 52.0 Å². The summed E-state index contributed by atoms with van der Waals surface area (Å²) in [4.78, 5) is 34.0. The van der Waals surface area contributed by atoms with Crippen molar-refractivity contribution in [3.8, 4) is 0 Å². The molecular weight excluding hydrogens is 470 g/mol. The van der Waals surface area contributed by atoms with Crippen molar-refractivity contribution >= 4 is 34.2 Å². The number of amides is 2. The van der Waals surface area contributed by atoms with E-state index in [4.69, 9.17) is 4.98 Å². The monoisotopic (exact) mass is 509 g/mol. The van der Waals surface area contributed by atoms with E-state index in [0.29, 0.717) is 11.6 Å². The highest BCUT2D eigenvalue weighted by atomic mass is 32.1. The SMILES string of the molecule is CCCN1CCC(NC(=O)CNC(=O)c2ccc3c(c2)nc(Cc2cccs2)n3C(CC)CC)CC1. The molecule has 1 fully saturated rings. The van der Waals surface area contributed by atoms with Crippen LogP contribution >= 0.6 is 11.3 Å². The van der Waals surface area contributed by atoms with Gasteiger partial charge in [-0.2, -0.15) is 0 Å². The minimum absolute atomic E-state index is 0.0160. The molecule has 3 heterocycles. The molecule has 3 aromatic rings. The smallest absolute Gasteiger partial charge is 0.251 e. The number of carbonyl (C=O) groups excluding carboxylic acids is 2. The zero-order valence-electron chi connectivity index (χ0n) is 21.8. The molecule has 1 aromatic carbocycles. The van der Waals surface area contributed by atoms with Gasteiger partial charge in [-0.1, -0.05) is 26.8 Å². The number of nitrogens with one attached hydrogen (secondary N) is 2. The topological polar surface area (TPSA) is 79.3 Å². The number of thiophene rings is 1. The molecule has 2 aromatic heterocycles. The van der Waals surface area contributed by atoms with Gasteiger partial charge in [0.2, 0.25) is 5.91 Å². The summed E-state index contributed by atoms with van der Waals surface area (Å²) in [5.41, 5.74) is 2.41. The van der Waals surface area contributed by atoms with E-state index in [2.05, 4.69) is 58.4 Å². The first-order chi connectivity index (χ1) is 17.5. The van der Waals surface area contributed by atoms with Crippen LogP contribution in [0.5, 0.6) is 0 Å². The Hall–Kier alpha value is -2.71. The third-order valence-corrected chi connectivity index (χ3v) is 8.02. The summed E-state index contributed by atoms with van der Waals surface area (Å²) in [5, 5.41) is 7.96. The largest absolute Gasteiger partial charge is 0.352 e. The molecule has 0 unspecified atom stereocenters. The Morgan fingerprint density at radius 1 is 1.14 bits per heavy atom. The number of imidazole rings is 1. The van der Waals surface area contributed by atoms with E-state index in [9.17, 15) is 9.59 Å². The highest BCUT2D eigenvalue weighted by molar-refractivity contribution is 7.09. The van der Waals surface area contributed by atoms with Crippen LogP contribution in [0.2, 0.25) is 0 Å². The van der Waals surface area contributed by atoms with E-state index in [1.807, 2.05) is 18.2 Å².